The van der Waals surface area contributed by atoms with Crippen LogP contribution in [-0.4, -0.2) is 45.4 Å². The van der Waals surface area contributed by atoms with E-state index in [1.807, 2.05) is 12.1 Å². The molecule has 1 rings (SSSR count). The van der Waals surface area contributed by atoms with Gasteiger partial charge in [0.15, 0.2) is 0 Å². The van der Waals surface area contributed by atoms with Crippen LogP contribution in [0.2, 0.25) is 0 Å². The number of unbranched alkanes of at least 4 members (excludes halogenated alkanes) is 2. The number of benzene rings is 1. The summed E-state index contributed by atoms with van der Waals surface area (Å²) in [6, 6.07) is 7.80. The zero-order valence-electron chi connectivity index (χ0n) is 16.1. The molecule has 0 spiro atoms. The number of hydrogen-bond donors (Lipinski definition) is 1. The van der Waals surface area contributed by atoms with Gasteiger partial charge in [-0.15, -0.1) is 0 Å². The van der Waals surface area contributed by atoms with Crippen LogP contribution in [0.5, 0.6) is 5.75 Å². The van der Waals surface area contributed by atoms with Crippen molar-refractivity contribution in [3.63, 3.8) is 0 Å². The molecule has 1 N–H and O–H groups in total. The molecule has 0 aliphatic heterocycles. The Morgan fingerprint density at radius 3 is 2.15 bits per heavy atom. The van der Waals surface area contributed by atoms with Gasteiger partial charge in [0.2, 0.25) is 0 Å². The summed E-state index contributed by atoms with van der Waals surface area (Å²) in [5.74, 6) is 0.0699. The fourth-order valence-electron chi connectivity index (χ4n) is 2.55. The van der Waals surface area contributed by atoms with Gasteiger partial charge < -0.3 is 19.5 Å². The number of carbonyl (C=O) groups excluding carboxylic acids is 2. The Morgan fingerprint density at radius 1 is 1.00 bits per heavy atom. The molecule has 0 saturated carbocycles. The summed E-state index contributed by atoms with van der Waals surface area (Å²) < 4.78 is 15.0. The van der Waals surface area contributed by atoms with Crippen LogP contribution in [0.3, 0.4) is 0 Å². The molecule has 1 aromatic carbocycles. The fourth-order valence-corrected chi connectivity index (χ4v) is 2.55. The van der Waals surface area contributed by atoms with E-state index in [2.05, 4.69) is 33.8 Å². The van der Waals surface area contributed by atoms with Crippen LogP contribution >= 0.6 is 0 Å². The highest BCUT2D eigenvalue weighted by atomic mass is 16.5. The predicted molar refractivity (Wildman–Crippen MR) is 100 cm³/mol. The summed E-state index contributed by atoms with van der Waals surface area (Å²) in [4.78, 5) is 22.9. The Bertz CT molecular complexity index is 512. The molecule has 0 atom stereocenters. The second-order valence-electron chi connectivity index (χ2n) is 6.16. The number of ether oxygens (including phenoxy) is 3. The van der Waals surface area contributed by atoms with Crippen LogP contribution in [0.4, 0.5) is 0 Å². The van der Waals surface area contributed by atoms with E-state index in [0.29, 0.717) is 13.2 Å². The minimum absolute atomic E-state index is 0.109. The van der Waals surface area contributed by atoms with Crippen molar-refractivity contribution in [2.45, 2.75) is 51.5 Å². The van der Waals surface area contributed by atoms with Gasteiger partial charge in [0.25, 0.3) is 0 Å². The Kier molecular flexibility index (Phi) is 11.1. The van der Waals surface area contributed by atoms with E-state index in [1.54, 1.807) is 0 Å². The number of rotatable bonds is 13. The number of aryl methyl sites for hydroxylation is 1. The summed E-state index contributed by atoms with van der Waals surface area (Å²) in [5, 5.41) is 3.14. The maximum absolute atomic E-state index is 11.4. The monoisotopic (exact) mass is 365 g/mol. The average Bonchev–Trinajstić information content (AvgIpc) is 2.66. The van der Waals surface area contributed by atoms with Gasteiger partial charge in [0.1, 0.15) is 12.4 Å². The highest BCUT2D eigenvalue weighted by molar-refractivity contribution is 5.73. The third-order valence-corrected chi connectivity index (χ3v) is 4.08. The number of carbonyl (C=O) groups is 2. The highest BCUT2D eigenvalue weighted by Gasteiger charge is 2.18. The fraction of sp³-hybridized carbons (Fsp3) is 0.600. The molecule has 0 amide bonds. The Morgan fingerprint density at radius 2 is 1.62 bits per heavy atom. The van der Waals surface area contributed by atoms with Crippen molar-refractivity contribution in [2.75, 3.05) is 27.4 Å². The van der Waals surface area contributed by atoms with Gasteiger partial charge in [-0.3, -0.25) is 9.59 Å². The van der Waals surface area contributed by atoms with E-state index in [4.69, 9.17) is 4.74 Å². The van der Waals surface area contributed by atoms with E-state index >= 15 is 0 Å². The lowest BCUT2D eigenvalue weighted by Gasteiger charge is -2.16. The summed E-state index contributed by atoms with van der Waals surface area (Å²) in [7, 11) is 2.65. The Hall–Kier alpha value is -2.08. The van der Waals surface area contributed by atoms with Gasteiger partial charge in [-0.1, -0.05) is 31.9 Å². The van der Waals surface area contributed by atoms with Crippen LogP contribution in [0, 0.1) is 0 Å². The van der Waals surface area contributed by atoms with Gasteiger partial charge in [-0.25, -0.2) is 0 Å². The first-order chi connectivity index (χ1) is 12.6. The summed E-state index contributed by atoms with van der Waals surface area (Å²) in [6.45, 7) is 3.15. The lowest BCUT2D eigenvalue weighted by atomic mass is 10.1. The Balaban J connectivity index is 2.35. The van der Waals surface area contributed by atoms with Crippen LogP contribution < -0.4 is 10.1 Å². The highest BCUT2D eigenvalue weighted by Crippen LogP contribution is 2.14. The maximum Gasteiger partial charge on any atom is 0.307 e. The molecule has 0 unspecified atom stereocenters. The number of esters is 2. The Labute approximate surface area is 156 Å². The van der Waals surface area contributed by atoms with Gasteiger partial charge in [0.05, 0.1) is 27.1 Å². The molecular weight excluding hydrogens is 334 g/mol. The predicted octanol–water partition coefficient (Wildman–Crippen LogP) is 2.88. The molecule has 0 radical (unpaired) electrons. The topological polar surface area (TPSA) is 73.9 Å². The molecular formula is C20H31NO5. The normalized spacial score (nSPS) is 10.6. The van der Waals surface area contributed by atoms with E-state index in [0.717, 1.165) is 12.2 Å². The molecule has 0 saturated heterocycles. The SMILES string of the molecule is CCCCCc1ccc(OCCNC(CC(=O)OC)CC(=O)OC)cc1. The molecule has 0 aliphatic rings. The smallest absolute Gasteiger partial charge is 0.307 e. The molecule has 26 heavy (non-hydrogen) atoms. The number of hydrogen-bond acceptors (Lipinski definition) is 6. The molecule has 146 valence electrons. The van der Waals surface area contributed by atoms with Crippen molar-refractivity contribution in [3.05, 3.63) is 29.8 Å². The van der Waals surface area contributed by atoms with Crippen LogP contribution in [0.1, 0.15) is 44.6 Å². The third-order valence-electron chi connectivity index (χ3n) is 4.08. The molecule has 0 heterocycles. The number of nitrogens with one attached hydrogen (secondary N) is 1. The first-order valence-electron chi connectivity index (χ1n) is 9.17. The third kappa shape index (κ3) is 9.42. The van der Waals surface area contributed by atoms with Crippen molar-refractivity contribution in [2.24, 2.45) is 0 Å². The van der Waals surface area contributed by atoms with Crippen molar-refractivity contribution in [1.29, 1.82) is 0 Å². The molecule has 6 heteroatoms. The average molecular weight is 365 g/mol. The minimum Gasteiger partial charge on any atom is -0.492 e. The molecule has 1 aromatic rings. The first kappa shape index (κ1) is 22.0. The lowest BCUT2D eigenvalue weighted by Crippen LogP contribution is -2.36. The van der Waals surface area contributed by atoms with Gasteiger partial charge in [-0.2, -0.15) is 0 Å². The minimum atomic E-state index is -0.369. The molecule has 0 fully saturated rings. The van der Waals surface area contributed by atoms with Crippen molar-refractivity contribution >= 4 is 11.9 Å². The maximum atomic E-state index is 11.4. The molecule has 0 bridgehead atoms. The van der Waals surface area contributed by atoms with Gasteiger partial charge >= 0.3 is 11.9 Å². The summed E-state index contributed by atoms with van der Waals surface area (Å²) >= 11 is 0. The van der Waals surface area contributed by atoms with Crippen molar-refractivity contribution in [3.8, 4) is 5.75 Å². The van der Waals surface area contributed by atoms with Crippen molar-refractivity contribution in [1.82, 2.24) is 5.32 Å². The second kappa shape index (κ2) is 13.2. The molecule has 0 aliphatic carbocycles. The first-order valence-corrected chi connectivity index (χ1v) is 9.17. The summed E-state index contributed by atoms with van der Waals surface area (Å²) in [6.07, 6.45) is 5.00. The van der Waals surface area contributed by atoms with Gasteiger partial charge in [-0.05, 0) is 30.5 Å². The van der Waals surface area contributed by atoms with Crippen LogP contribution in [-0.2, 0) is 25.5 Å². The van der Waals surface area contributed by atoms with Crippen molar-refractivity contribution < 1.29 is 23.8 Å². The lowest BCUT2D eigenvalue weighted by molar-refractivity contribution is -0.143. The quantitative estimate of drug-likeness (QED) is 0.428. The second-order valence-corrected chi connectivity index (χ2v) is 6.16. The van der Waals surface area contributed by atoms with Crippen LogP contribution in [0.15, 0.2) is 24.3 Å². The van der Waals surface area contributed by atoms with E-state index < -0.39 is 0 Å². The van der Waals surface area contributed by atoms with E-state index in [-0.39, 0.29) is 30.8 Å². The van der Waals surface area contributed by atoms with Crippen LogP contribution in [0.25, 0.3) is 0 Å². The zero-order chi connectivity index (χ0) is 19.2. The largest absolute Gasteiger partial charge is 0.492 e. The standard InChI is InChI=1S/C20H31NO5/c1-4-5-6-7-16-8-10-18(11-9-16)26-13-12-21-17(14-19(22)24-2)15-20(23)25-3/h8-11,17,21H,4-7,12-15H2,1-3H3. The summed E-state index contributed by atoms with van der Waals surface area (Å²) in [5.41, 5.74) is 1.32. The zero-order valence-corrected chi connectivity index (χ0v) is 16.1. The molecule has 0 aromatic heterocycles. The van der Waals surface area contributed by atoms with E-state index in [1.165, 1.54) is 39.0 Å². The number of methoxy groups -OCH3 is 2. The van der Waals surface area contributed by atoms with E-state index in [9.17, 15) is 9.59 Å². The molecule has 6 nitrogen and oxygen atoms in total. The van der Waals surface area contributed by atoms with Gasteiger partial charge in [0, 0.05) is 12.6 Å².